The lowest BCUT2D eigenvalue weighted by molar-refractivity contribution is -0.384. The van der Waals surface area contributed by atoms with E-state index in [1.165, 1.54) is 25.1 Å². The summed E-state index contributed by atoms with van der Waals surface area (Å²) in [6.45, 7) is 3.32. The predicted octanol–water partition coefficient (Wildman–Crippen LogP) is 3.31. The zero-order valence-electron chi connectivity index (χ0n) is 13.6. The third kappa shape index (κ3) is 4.77. The van der Waals surface area contributed by atoms with Crippen molar-refractivity contribution in [3.63, 3.8) is 0 Å². The molecular weight excluding hydrogens is 346 g/mol. The Morgan fingerprint density at radius 1 is 1.20 bits per heavy atom. The highest BCUT2D eigenvalue weighted by molar-refractivity contribution is 6.30. The van der Waals surface area contributed by atoms with Gasteiger partial charge in [0, 0.05) is 28.4 Å². The zero-order valence-corrected chi connectivity index (χ0v) is 14.3. The Hall–Kier alpha value is -2.93. The van der Waals surface area contributed by atoms with Gasteiger partial charge in [0.25, 0.3) is 11.6 Å². The number of nitro benzene ring substituents is 1. The number of aryl methyl sites for hydroxylation is 1. The summed E-state index contributed by atoms with van der Waals surface area (Å²) in [5, 5.41) is 16.5. The Balaban J connectivity index is 2.04. The minimum atomic E-state index is -0.832. The largest absolute Gasteiger partial charge is 0.341 e. The lowest BCUT2D eigenvalue weighted by atomic mass is 10.1. The summed E-state index contributed by atoms with van der Waals surface area (Å²) < 4.78 is 0. The molecule has 0 heterocycles. The molecule has 0 aliphatic rings. The second kappa shape index (κ2) is 7.76. The van der Waals surface area contributed by atoms with Gasteiger partial charge in [-0.3, -0.25) is 19.7 Å². The molecule has 0 radical (unpaired) electrons. The highest BCUT2D eigenvalue weighted by Gasteiger charge is 2.18. The van der Waals surface area contributed by atoms with Crippen molar-refractivity contribution in [2.24, 2.45) is 0 Å². The Kier molecular flexibility index (Phi) is 5.71. The van der Waals surface area contributed by atoms with E-state index in [0.29, 0.717) is 10.7 Å². The fourth-order valence-electron chi connectivity index (χ4n) is 2.11. The van der Waals surface area contributed by atoms with Crippen molar-refractivity contribution in [3.8, 4) is 0 Å². The van der Waals surface area contributed by atoms with Crippen LogP contribution in [0.25, 0.3) is 0 Å². The molecule has 1 atom stereocenters. The lowest BCUT2D eigenvalue weighted by Gasteiger charge is -2.15. The SMILES string of the molecule is Cc1cc(Cl)ccc1NC(=O)[C@H](C)NC(=O)c1cccc([N+](=O)[O-])c1. The first-order valence-electron chi connectivity index (χ1n) is 7.40. The van der Waals surface area contributed by atoms with Crippen molar-refractivity contribution in [3.05, 3.63) is 68.7 Å². The third-order valence-corrected chi connectivity index (χ3v) is 3.74. The van der Waals surface area contributed by atoms with Gasteiger partial charge in [-0.1, -0.05) is 17.7 Å². The average molecular weight is 362 g/mol. The number of carbonyl (C=O) groups excluding carboxylic acids is 2. The highest BCUT2D eigenvalue weighted by atomic mass is 35.5. The lowest BCUT2D eigenvalue weighted by Crippen LogP contribution is -2.41. The van der Waals surface area contributed by atoms with Gasteiger partial charge >= 0.3 is 0 Å². The second-order valence-electron chi connectivity index (χ2n) is 5.45. The summed E-state index contributed by atoms with van der Waals surface area (Å²) in [5.41, 5.74) is 1.29. The number of nitrogens with one attached hydrogen (secondary N) is 2. The van der Waals surface area contributed by atoms with Gasteiger partial charge in [-0.05, 0) is 43.7 Å². The fourth-order valence-corrected chi connectivity index (χ4v) is 2.34. The van der Waals surface area contributed by atoms with Gasteiger partial charge in [-0.15, -0.1) is 0 Å². The molecule has 0 aromatic heterocycles. The van der Waals surface area contributed by atoms with Crippen molar-refractivity contribution >= 4 is 34.8 Å². The van der Waals surface area contributed by atoms with Gasteiger partial charge in [0.05, 0.1) is 4.92 Å². The number of nitrogens with zero attached hydrogens (tertiary/aromatic N) is 1. The molecule has 7 nitrogen and oxygen atoms in total. The van der Waals surface area contributed by atoms with Crippen molar-refractivity contribution < 1.29 is 14.5 Å². The molecule has 0 aliphatic carbocycles. The van der Waals surface area contributed by atoms with Crippen LogP contribution in [0.2, 0.25) is 5.02 Å². The second-order valence-corrected chi connectivity index (χ2v) is 5.89. The van der Waals surface area contributed by atoms with Crippen LogP contribution >= 0.6 is 11.6 Å². The van der Waals surface area contributed by atoms with Crippen LogP contribution in [0.3, 0.4) is 0 Å². The molecule has 8 heteroatoms. The van der Waals surface area contributed by atoms with Gasteiger partial charge in [-0.2, -0.15) is 0 Å². The van der Waals surface area contributed by atoms with Crippen LogP contribution in [0.4, 0.5) is 11.4 Å². The summed E-state index contributed by atoms with van der Waals surface area (Å²) in [5.74, 6) is -0.983. The van der Waals surface area contributed by atoms with Crippen molar-refractivity contribution in [1.29, 1.82) is 0 Å². The van der Waals surface area contributed by atoms with E-state index >= 15 is 0 Å². The molecule has 25 heavy (non-hydrogen) atoms. The predicted molar refractivity (Wildman–Crippen MR) is 94.8 cm³/mol. The number of nitro groups is 1. The molecule has 2 N–H and O–H groups in total. The molecular formula is C17H16ClN3O4. The minimum absolute atomic E-state index is 0.108. The fraction of sp³-hybridized carbons (Fsp3) is 0.176. The number of anilines is 1. The molecule has 130 valence electrons. The first-order valence-corrected chi connectivity index (χ1v) is 7.78. The van der Waals surface area contributed by atoms with E-state index in [1.807, 2.05) is 0 Å². The van der Waals surface area contributed by atoms with Crippen LogP contribution in [-0.4, -0.2) is 22.8 Å². The van der Waals surface area contributed by atoms with Crippen LogP contribution in [-0.2, 0) is 4.79 Å². The summed E-state index contributed by atoms with van der Waals surface area (Å²) >= 11 is 5.87. The number of non-ortho nitro benzene ring substituents is 1. The molecule has 0 unspecified atom stereocenters. The van der Waals surface area contributed by atoms with E-state index in [-0.39, 0.29) is 11.3 Å². The monoisotopic (exact) mass is 361 g/mol. The van der Waals surface area contributed by atoms with E-state index in [2.05, 4.69) is 10.6 Å². The Morgan fingerprint density at radius 3 is 2.56 bits per heavy atom. The van der Waals surface area contributed by atoms with Crippen LogP contribution in [0.1, 0.15) is 22.8 Å². The number of carbonyl (C=O) groups is 2. The maximum Gasteiger partial charge on any atom is 0.270 e. The molecule has 2 amide bonds. The molecule has 0 bridgehead atoms. The van der Waals surface area contributed by atoms with Gasteiger partial charge in [0.15, 0.2) is 0 Å². The topological polar surface area (TPSA) is 101 Å². The van der Waals surface area contributed by atoms with Crippen LogP contribution < -0.4 is 10.6 Å². The van der Waals surface area contributed by atoms with E-state index in [1.54, 1.807) is 25.1 Å². The van der Waals surface area contributed by atoms with Crippen molar-refractivity contribution in [1.82, 2.24) is 5.32 Å². The maximum atomic E-state index is 12.2. The Morgan fingerprint density at radius 2 is 1.92 bits per heavy atom. The quantitative estimate of drug-likeness (QED) is 0.630. The van der Waals surface area contributed by atoms with Gasteiger partial charge in [0.1, 0.15) is 6.04 Å². The van der Waals surface area contributed by atoms with Crippen molar-refractivity contribution in [2.75, 3.05) is 5.32 Å². The van der Waals surface area contributed by atoms with Gasteiger partial charge < -0.3 is 10.6 Å². The summed E-state index contributed by atoms with van der Waals surface area (Å²) in [6.07, 6.45) is 0. The number of amides is 2. The van der Waals surface area contributed by atoms with E-state index < -0.39 is 22.8 Å². The van der Waals surface area contributed by atoms with Crippen molar-refractivity contribution in [2.45, 2.75) is 19.9 Å². The maximum absolute atomic E-state index is 12.2. The smallest absolute Gasteiger partial charge is 0.270 e. The third-order valence-electron chi connectivity index (χ3n) is 3.51. The molecule has 0 aliphatic heterocycles. The molecule has 0 saturated heterocycles. The number of rotatable bonds is 5. The molecule has 0 fully saturated rings. The number of halogens is 1. The standard InChI is InChI=1S/C17H16ClN3O4/c1-10-8-13(18)6-7-15(10)20-16(22)11(2)19-17(23)12-4-3-5-14(9-12)21(24)25/h3-9,11H,1-2H3,(H,19,23)(H,20,22)/t11-/m0/s1. The first-order chi connectivity index (χ1) is 11.8. The molecule has 2 aromatic carbocycles. The number of hydrogen-bond acceptors (Lipinski definition) is 4. The van der Waals surface area contributed by atoms with E-state index in [0.717, 1.165) is 11.6 Å². The zero-order chi connectivity index (χ0) is 18.6. The molecule has 0 spiro atoms. The first kappa shape index (κ1) is 18.4. The molecule has 2 rings (SSSR count). The Bertz CT molecular complexity index is 838. The van der Waals surface area contributed by atoms with E-state index in [4.69, 9.17) is 11.6 Å². The van der Waals surface area contributed by atoms with Crippen LogP contribution in [0, 0.1) is 17.0 Å². The Labute approximate surface area is 149 Å². The van der Waals surface area contributed by atoms with Crippen LogP contribution in [0.15, 0.2) is 42.5 Å². The van der Waals surface area contributed by atoms with E-state index in [9.17, 15) is 19.7 Å². The average Bonchev–Trinajstić information content (AvgIpc) is 2.57. The van der Waals surface area contributed by atoms with Crippen LogP contribution in [0.5, 0.6) is 0 Å². The highest BCUT2D eigenvalue weighted by Crippen LogP contribution is 2.19. The van der Waals surface area contributed by atoms with Gasteiger partial charge in [0.2, 0.25) is 5.91 Å². The summed E-state index contributed by atoms with van der Waals surface area (Å²) in [4.78, 5) is 34.6. The molecule has 2 aromatic rings. The molecule has 0 saturated carbocycles. The summed E-state index contributed by atoms with van der Waals surface area (Å²) in [6, 6.07) is 9.50. The number of benzene rings is 2. The normalized spacial score (nSPS) is 11.5. The summed E-state index contributed by atoms with van der Waals surface area (Å²) in [7, 11) is 0. The minimum Gasteiger partial charge on any atom is -0.341 e. The van der Waals surface area contributed by atoms with Gasteiger partial charge in [-0.25, -0.2) is 0 Å². The number of hydrogen-bond donors (Lipinski definition) is 2.